The number of carbonyl (C=O) groups is 1. The molecule has 208 valence electrons. The van der Waals surface area contributed by atoms with Gasteiger partial charge in [-0.3, -0.25) is 9.69 Å². The van der Waals surface area contributed by atoms with E-state index in [-0.39, 0.29) is 5.91 Å². The number of morpholine rings is 1. The molecule has 8 nitrogen and oxygen atoms in total. The number of fused-ring (bicyclic) bond motifs is 4. The number of rotatable bonds is 7. The fraction of sp³-hybridized carbons (Fsp3) is 0.281. The van der Waals surface area contributed by atoms with E-state index in [9.17, 15) is 4.79 Å². The maximum absolute atomic E-state index is 12.9. The van der Waals surface area contributed by atoms with E-state index < -0.39 is 0 Å². The summed E-state index contributed by atoms with van der Waals surface area (Å²) in [5.74, 6) is 0.888. The number of nitrogens with one attached hydrogen (secondary N) is 1. The molecule has 0 spiro atoms. The van der Waals surface area contributed by atoms with Crippen molar-refractivity contribution in [2.45, 2.75) is 19.5 Å². The number of hydrogen-bond donors (Lipinski definition) is 1. The molecular formula is C32H32N6O2S. The Morgan fingerprint density at radius 2 is 1.93 bits per heavy atom. The maximum atomic E-state index is 12.9. The molecule has 5 aromatic rings. The van der Waals surface area contributed by atoms with Gasteiger partial charge in [0.05, 0.1) is 25.1 Å². The predicted molar refractivity (Wildman–Crippen MR) is 164 cm³/mol. The molecule has 1 fully saturated rings. The Bertz CT molecular complexity index is 1720. The first kappa shape index (κ1) is 25.9. The molecule has 7 rings (SSSR count). The SMILES string of the molecule is O=C(/C=C/CN1CCOCC1)N1CCc2c(sc3ncnc(Nc4ccc5c(ccn5Cc5ccccc5)c4)c23)C1. The second-order valence-electron chi connectivity index (χ2n) is 10.6. The Hall–Kier alpha value is -4.05. The van der Waals surface area contributed by atoms with Crippen molar-refractivity contribution >= 4 is 49.9 Å². The second-order valence-corrected chi connectivity index (χ2v) is 11.6. The molecule has 0 saturated carbocycles. The molecule has 1 saturated heterocycles. The van der Waals surface area contributed by atoms with Gasteiger partial charge in [-0.15, -0.1) is 11.3 Å². The minimum Gasteiger partial charge on any atom is -0.379 e. The fourth-order valence-electron chi connectivity index (χ4n) is 5.74. The molecule has 0 unspecified atom stereocenters. The number of hydrogen-bond acceptors (Lipinski definition) is 7. The van der Waals surface area contributed by atoms with Crippen LogP contribution in [0.5, 0.6) is 0 Å². The highest BCUT2D eigenvalue weighted by Crippen LogP contribution is 2.38. The molecule has 1 amide bonds. The van der Waals surface area contributed by atoms with E-state index in [1.807, 2.05) is 17.0 Å². The van der Waals surface area contributed by atoms with E-state index in [2.05, 4.69) is 79.5 Å². The Kier molecular flexibility index (Phi) is 7.22. The molecule has 2 aromatic carbocycles. The van der Waals surface area contributed by atoms with Gasteiger partial charge in [0, 0.05) is 66.5 Å². The standard InChI is InChI=1S/C32H32N6O2S/c39-29(7-4-12-36-15-17-40-18-16-36)38-14-11-26-28(21-38)41-32-30(26)31(33-22-34-32)35-25-8-9-27-24(19-25)10-13-37(27)20-23-5-2-1-3-6-23/h1-10,13,19,22H,11-12,14-18,20-21H2,(H,33,34,35)/b7-4+. The summed E-state index contributed by atoms with van der Waals surface area (Å²) >= 11 is 1.66. The molecule has 2 aliphatic rings. The first-order valence-corrected chi connectivity index (χ1v) is 14.9. The maximum Gasteiger partial charge on any atom is 0.246 e. The first-order chi connectivity index (χ1) is 20.2. The molecular weight excluding hydrogens is 532 g/mol. The van der Waals surface area contributed by atoms with Crippen LogP contribution in [0.15, 0.2) is 79.3 Å². The van der Waals surface area contributed by atoms with E-state index >= 15 is 0 Å². The molecule has 0 radical (unpaired) electrons. The van der Waals surface area contributed by atoms with E-state index in [0.717, 1.165) is 67.5 Å². The number of benzene rings is 2. The summed E-state index contributed by atoms with van der Waals surface area (Å²) in [6, 6.07) is 19.1. The van der Waals surface area contributed by atoms with Crippen LogP contribution in [0, 0.1) is 0 Å². The zero-order chi connectivity index (χ0) is 27.6. The topological polar surface area (TPSA) is 75.5 Å². The summed E-state index contributed by atoms with van der Waals surface area (Å²) in [5, 5.41) is 5.82. The van der Waals surface area contributed by atoms with Crippen LogP contribution in [0.25, 0.3) is 21.1 Å². The number of nitrogens with zero attached hydrogens (tertiary/aromatic N) is 5. The lowest BCUT2D eigenvalue weighted by Gasteiger charge is -2.27. The van der Waals surface area contributed by atoms with Crippen molar-refractivity contribution in [2.75, 3.05) is 44.7 Å². The third kappa shape index (κ3) is 5.48. The number of thiophene rings is 1. The molecule has 9 heteroatoms. The molecule has 41 heavy (non-hydrogen) atoms. The van der Waals surface area contributed by atoms with Crippen LogP contribution in [0.2, 0.25) is 0 Å². The number of amides is 1. The number of anilines is 2. The van der Waals surface area contributed by atoms with E-state index in [1.54, 1.807) is 23.7 Å². The Morgan fingerprint density at radius 3 is 2.80 bits per heavy atom. The number of ether oxygens (including phenoxy) is 1. The van der Waals surface area contributed by atoms with E-state index in [0.29, 0.717) is 13.1 Å². The molecule has 0 bridgehead atoms. The Balaban J connectivity index is 1.07. The average Bonchev–Trinajstić information content (AvgIpc) is 3.59. The highest BCUT2D eigenvalue weighted by atomic mass is 32.1. The van der Waals surface area contributed by atoms with Crippen molar-refractivity contribution in [2.24, 2.45) is 0 Å². The summed E-state index contributed by atoms with van der Waals surface area (Å²) in [5.41, 5.74) is 4.73. The van der Waals surface area contributed by atoms with Gasteiger partial charge in [-0.1, -0.05) is 36.4 Å². The lowest BCUT2D eigenvalue weighted by Crippen LogP contribution is -2.37. The van der Waals surface area contributed by atoms with Gasteiger partial charge in [0.15, 0.2) is 0 Å². The molecule has 0 aliphatic carbocycles. The van der Waals surface area contributed by atoms with Crippen LogP contribution in [0.1, 0.15) is 16.0 Å². The quantitative estimate of drug-likeness (QED) is 0.274. The molecule has 5 heterocycles. The zero-order valence-electron chi connectivity index (χ0n) is 22.8. The lowest BCUT2D eigenvalue weighted by atomic mass is 10.0. The minimum atomic E-state index is 0.0679. The van der Waals surface area contributed by atoms with Crippen LogP contribution < -0.4 is 5.32 Å². The van der Waals surface area contributed by atoms with Gasteiger partial charge in [-0.2, -0.15) is 0 Å². The minimum absolute atomic E-state index is 0.0679. The van der Waals surface area contributed by atoms with Crippen LogP contribution >= 0.6 is 11.3 Å². The fourth-order valence-corrected chi connectivity index (χ4v) is 6.94. The van der Waals surface area contributed by atoms with Crippen molar-refractivity contribution in [1.29, 1.82) is 0 Å². The van der Waals surface area contributed by atoms with Gasteiger partial charge >= 0.3 is 0 Å². The third-order valence-corrected chi connectivity index (χ3v) is 9.03. The van der Waals surface area contributed by atoms with Gasteiger partial charge in [0.2, 0.25) is 5.91 Å². The highest BCUT2D eigenvalue weighted by molar-refractivity contribution is 7.19. The van der Waals surface area contributed by atoms with Crippen LogP contribution in [-0.2, 0) is 29.0 Å². The van der Waals surface area contributed by atoms with Crippen molar-refractivity contribution < 1.29 is 9.53 Å². The van der Waals surface area contributed by atoms with Gasteiger partial charge in [-0.05, 0) is 41.8 Å². The molecule has 1 N–H and O–H groups in total. The molecule has 2 aliphatic heterocycles. The Morgan fingerprint density at radius 1 is 1.05 bits per heavy atom. The lowest BCUT2D eigenvalue weighted by molar-refractivity contribution is -0.126. The van der Waals surface area contributed by atoms with Crippen molar-refractivity contribution in [3.8, 4) is 0 Å². The molecule has 0 atom stereocenters. The predicted octanol–water partition coefficient (Wildman–Crippen LogP) is 5.21. The second kappa shape index (κ2) is 11.4. The first-order valence-electron chi connectivity index (χ1n) is 14.1. The van der Waals surface area contributed by atoms with Crippen molar-refractivity contribution in [3.63, 3.8) is 0 Å². The number of aromatic nitrogens is 3. The molecule has 3 aromatic heterocycles. The largest absolute Gasteiger partial charge is 0.379 e. The summed E-state index contributed by atoms with van der Waals surface area (Å²) in [7, 11) is 0. The summed E-state index contributed by atoms with van der Waals surface area (Å²) in [6.07, 6.45) is 8.27. The van der Waals surface area contributed by atoms with Crippen molar-refractivity contribution in [3.05, 3.63) is 95.3 Å². The third-order valence-electron chi connectivity index (χ3n) is 7.91. The van der Waals surface area contributed by atoms with Crippen LogP contribution in [0.4, 0.5) is 11.5 Å². The van der Waals surface area contributed by atoms with Gasteiger partial charge in [-0.25, -0.2) is 9.97 Å². The van der Waals surface area contributed by atoms with Crippen LogP contribution in [0.3, 0.4) is 0 Å². The average molecular weight is 565 g/mol. The Labute approximate surface area is 242 Å². The normalized spacial score (nSPS) is 16.0. The van der Waals surface area contributed by atoms with Gasteiger partial charge in [0.1, 0.15) is 17.0 Å². The summed E-state index contributed by atoms with van der Waals surface area (Å²) in [6.45, 7) is 6.28. The van der Waals surface area contributed by atoms with Gasteiger partial charge in [0.25, 0.3) is 0 Å². The van der Waals surface area contributed by atoms with E-state index in [4.69, 9.17) is 4.74 Å². The smallest absolute Gasteiger partial charge is 0.246 e. The highest BCUT2D eigenvalue weighted by Gasteiger charge is 2.25. The monoisotopic (exact) mass is 564 g/mol. The van der Waals surface area contributed by atoms with Crippen LogP contribution in [-0.4, -0.2) is 69.6 Å². The van der Waals surface area contributed by atoms with E-state index in [1.165, 1.54) is 26.9 Å². The summed E-state index contributed by atoms with van der Waals surface area (Å²) in [4.78, 5) is 28.6. The zero-order valence-corrected chi connectivity index (χ0v) is 23.6. The summed E-state index contributed by atoms with van der Waals surface area (Å²) < 4.78 is 7.68. The van der Waals surface area contributed by atoms with Gasteiger partial charge < -0.3 is 19.5 Å². The number of carbonyl (C=O) groups excluding carboxylic acids is 1. The van der Waals surface area contributed by atoms with Crippen molar-refractivity contribution in [1.82, 2.24) is 24.3 Å².